The molecule has 2 aromatic heterocycles. The molecule has 0 saturated carbocycles. The maximum Gasteiger partial charge on any atom is 0.281 e. The van der Waals surface area contributed by atoms with Crippen molar-refractivity contribution in [3.63, 3.8) is 0 Å². The third-order valence-corrected chi connectivity index (χ3v) is 5.98. The molecular weight excluding hydrogens is 346 g/mol. The van der Waals surface area contributed by atoms with Crippen LogP contribution in [-0.2, 0) is 12.8 Å². The topological polar surface area (TPSA) is 50.7 Å². The molecule has 0 unspecified atom stereocenters. The highest BCUT2D eigenvalue weighted by molar-refractivity contribution is 5.85. The van der Waals surface area contributed by atoms with Crippen LogP contribution in [-0.4, -0.2) is 14.8 Å². The Hall–Kier alpha value is -3.14. The van der Waals surface area contributed by atoms with Gasteiger partial charge in [0.15, 0.2) is 5.65 Å². The highest BCUT2D eigenvalue weighted by Gasteiger charge is 2.26. The van der Waals surface area contributed by atoms with E-state index >= 15 is 0 Å². The van der Waals surface area contributed by atoms with Crippen molar-refractivity contribution in [2.24, 2.45) is 5.92 Å². The van der Waals surface area contributed by atoms with Gasteiger partial charge in [-0.1, -0.05) is 61.9 Å². The summed E-state index contributed by atoms with van der Waals surface area (Å²) < 4.78 is 1.62. The molecule has 2 aromatic carbocycles. The summed E-state index contributed by atoms with van der Waals surface area (Å²) in [5, 5.41) is 4.02. The molecule has 1 aliphatic carbocycles. The van der Waals surface area contributed by atoms with E-state index in [0.29, 0.717) is 11.6 Å². The predicted molar refractivity (Wildman–Crippen MR) is 113 cm³/mol. The Morgan fingerprint density at radius 1 is 1.04 bits per heavy atom. The number of H-pyrrole nitrogens is 1. The van der Waals surface area contributed by atoms with Gasteiger partial charge in [-0.2, -0.15) is 0 Å². The summed E-state index contributed by atoms with van der Waals surface area (Å²) in [7, 11) is 0. The molecule has 140 valence electrons. The minimum Gasteiger partial charge on any atom is -0.274 e. The molecule has 1 aliphatic rings. The Balaban J connectivity index is 1.80. The van der Waals surface area contributed by atoms with Crippen LogP contribution in [0.1, 0.15) is 30.9 Å². The van der Waals surface area contributed by atoms with E-state index in [-0.39, 0.29) is 5.56 Å². The van der Waals surface area contributed by atoms with Gasteiger partial charge in [-0.25, -0.2) is 9.67 Å². The zero-order valence-electron chi connectivity index (χ0n) is 16.0. The Morgan fingerprint density at radius 2 is 1.75 bits per heavy atom. The normalized spacial score (nSPS) is 16.2. The largest absolute Gasteiger partial charge is 0.281 e. The Kier molecular flexibility index (Phi) is 4.12. The number of rotatable bonds is 3. The average Bonchev–Trinajstić information content (AvgIpc) is 3.10. The number of nitrogens with one attached hydrogen (secondary N) is 1. The first-order chi connectivity index (χ1) is 13.8. The first-order valence-electron chi connectivity index (χ1n) is 10.0. The summed E-state index contributed by atoms with van der Waals surface area (Å²) in [4.78, 5) is 18.2. The summed E-state index contributed by atoms with van der Waals surface area (Å²) in [6.45, 7) is 2.25. The van der Waals surface area contributed by atoms with Gasteiger partial charge < -0.3 is 0 Å². The number of fused-ring (bicyclic) bond motifs is 3. The number of hydrogen-bond donors (Lipinski definition) is 1. The van der Waals surface area contributed by atoms with E-state index in [1.807, 2.05) is 48.5 Å². The van der Waals surface area contributed by atoms with E-state index in [4.69, 9.17) is 4.98 Å². The van der Waals surface area contributed by atoms with E-state index in [0.717, 1.165) is 48.0 Å². The van der Waals surface area contributed by atoms with Crippen LogP contribution in [0.25, 0.3) is 28.0 Å². The smallest absolute Gasteiger partial charge is 0.274 e. The number of hydrogen-bond acceptors (Lipinski definition) is 2. The van der Waals surface area contributed by atoms with Gasteiger partial charge >= 0.3 is 0 Å². The van der Waals surface area contributed by atoms with Crippen LogP contribution in [0.2, 0.25) is 0 Å². The van der Waals surface area contributed by atoms with Crippen molar-refractivity contribution in [1.82, 2.24) is 14.8 Å². The quantitative estimate of drug-likeness (QED) is 0.559. The first kappa shape index (κ1) is 17.0. The third kappa shape index (κ3) is 2.68. The monoisotopic (exact) mass is 369 g/mol. The second kappa shape index (κ2) is 6.79. The zero-order valence-corrected chi connectivity index (χ0v) is 16.0. The molecule has 0 saturated heterocycles. The van der Waals surface area contributed by atoms with Gasteiger partial charge in [0, 0.05) is 5.56 Å². The maximum atomic E-state index is 13.3. The Morgan fingerprint density at radius 3 is 2.46 bits per heavy atom. The Labute approximate surface area is 163 Å². The van der Waals surface area contributed by atoms with Crippen molar-refractivity contribution in [2.75, 3.05) is 0 Å². The molecule has 0 bridgehead atoms. The van der Waals surface area contributed by atoms with Crippen molar-refractivity contribution < 1.29 is 0 Å². The SMILES string of the molecule is CC[C@H]1CCc2c(c(-c3ccccc3)nc3[nH]n(-c4ccccc4)c(=O)c23)C1. The summed E-state index contributed by atoms with van der Waals surface area (Å²) >= 11 is 0. The Bertz CT molecular complexity index is 1190. The van der Waals surface area contributed by atoms with Crippen molar-refractivity contribution in [1.29, 1.82) is 0 Å². The van der Waals surface area contributed by atoms with Crippen molar-refractivity contribution in [2.45, 2.75) is 32.6 Å². The highest BCUT2D eigenvalue weighted by Crippen LogP contribution is 2.36. The van der Waals surface area contributed by atoms with Crippen LogP contribution in [0, 0.1) is 5.92 Å². The number of nitrogens with zero attached hydrogens (tertiary/aromatic N) is 2. The first-order valence-corrected chi connectivity index (χ1v) is 10.0. The van der Waals surface area contributed by atoms with Crippen LogP contribution in [0.3, 0.4) is 0 Å². The summed E-state index contributed by atoms with van der Waals surface area (Å²) in [5.74, 6) is 0.657. The fraction of sp³-hybridized carbons (Fsp3) is 0.250. The van der Waals surface area contributed by atoms with Gasteiger partial charge in [-0.15, -0.1) is 0 Å². The maximum absolute atomic E-state index is 13.3. The molecule has 4 heteroatoms. The molecule has 28 heavy (non-hydrogen) atoms. The number of aromatic amines is 1. The van der Waals surface area contributed by atoms with E-state index in [9.17, 15) is 4.79 Å². The number of pyridine rings is 1. The molecule has 0 amide bonds. The number of aryl methyl sites for hydroxylation is 1. The molecule has 5 rings (SSSR count). The standard InChI is InChI=1S/C24H23N3O/c1-2-16-13-14-19-20(15-16)22(17-9-5-3-6-10-17)25-23-21(19)24(28)27(26-23)18-11-7-4-8-12-18/h3-12,16H,2,13-15H2,1H3,(H,25,26)/t16-/m0/s1. The zero-order chi connectivity index (χ0) is 19.1. The van der Waals surface area contributed by atoms with Gasteiger partial charge in [0.25, 0.3) is 5.56 Å². The fourth-order valence-electron chi connectivity index (χ4n) is 4.43. The lowest BCUT2D eigenvalue weighted by molar-refractivity contribution is 0.446. The van der Waals surface area contributed by atoms with Crippen molar-refractivity contribution in [3.05, 3.63) is 82.1 Å². The van der Waals surface area contributed by atoms with E-state index in [1.165, 1.54) is 11.1 Å². The summed E-state index contributed by atoms with van der Waals surface area (Å²) in [5.41, 5.74) is 6.09. The molecule has 0 aliphatic heterocycles. The molecule has 4 nitrogen and oxygen atoms in total. The van der Waals surface area contributed by atoms with E-state index in [2.05, 4.69) is 24.2 Å². The van der Waals surface area contributed by atoms with Crippen LogP contribution in [0.15, 0.2) is 65.5 Å². The van der Waals surface area contributed by atoms with Gasteiger partial charge in [0.1, 0.15) is 0 Å². The lowest BCUT2D eigenvalue weighted by Gasteiger charge is -2.25. The van der Waals surface area contributed by atoms with E-state index < -0.39 is 0 Å². The lowest BCUT2D eigenvalue weighted by Crippen LogP contribution is -2.19. The third-order valence-electron chi connectivity index (χ3n) is 5.98. The van der Waals surface area contributed by atoms with Gasteiger partial charge in [-0.05, 0) is 48.4 Å². The average molecular weight is 369 g/mol. The highest BCUT2D eigenvalue weighted by atomic mass is 16.1. The summed E-state index contributed by atoms with van der Waals surface area (Å²) in [6, 6.07) is 20.0. The lowest BCUT2D eigenvalue weighted by atomic mass is 9.80. The van der Waals surface area contributed by atoms with Crippen LogP contribution >= 0.6 is 0 Å². The second-order valence-electron chi connectivity index (χ2n) is 7.61. The number of para-hydroxylation sites is 1. The molecule has 0 spiro atoms. The summed E-state index contributed by atoms with van der Waals surface area (Å²) in [6.07, 6.45) is 4.23. The minimum atomic E-state index is -0.000454. The van der Waals surface area contributed by atoms with Crippen LogP contribution in [0.4, 0.5) is 0 Å². The molecule has 0 fully saturated rings. The number of benzene rings is 2. The fourth-order valence-corrected chi connectivity index (χ4v) is 4.43. The molecular formula is C24H23N3O. The molecule has 0 radical (unpaired) electrons. The molecule has 1 atom stereocenters. The second-order valence-corrected chi connectivity index (χ2v) is 7.61. The minimum absolute atomic E-state index is 0.000454. The van der Waals surface area contributed by atoms with Crippen LogP contribution < -0.4 is 5.56 Å². The molecule has 4 aromatic rings. The van der Waals surface area contributed by atoms with Gasteiger partial charge in [0.05, 0.1) is 16.8 Å². The molecule has 2 heterocycles. The molecule has 1 N–H and O–H groups in total. The van der Waals surface area contributed by atoms with Gasteiger partial charge in [-0.3, -0.25) is 9.89 Å². The predicted octanol–water partition coefficient (Wildman–Crippen LogP) is 4.90. The number of aromatic nitrogens is 3. The van der Waals surface area contributed by atoms with Crippen molar-refractivity contribution in [3.8, 4) is 16.9 Å². The van der Waals surface area contributed by atoms with Crippen molar-refractivity contribution >= 4 is 11.0 Å². The van der Waals surface area contributed by atoms with Gasteiger partial charge in [0.2, 0.25) is 0 Å². The van der Waals surface area contributed by atoms with Crippen LogP contribution in [0.5, 0.6) is 0 Å². The van der Waals surface area contributed by atoms with E-state index in [1.54, 1.807) is 4.68 Å².